The Morgan fingerprint density at radius 1 is 0.867 bits per heavy atom. The minimum Gasteiger partial charge on any atom is -0.493 e. The van der Waals surface area contributed by atoms with Gasteiger partial charge in [0.25, 0.3) is 11.7 Å². The van der Waals surface area contributed by atoms with E-state index < -0.39 is 17.8 Å². The van der Waals surface area contributed by atoms with Gasteiger partial charge in [-0.1, -0.05) is 36.4 Å². The minimum absolute atomic E-state index is 0.0258. The average molecular weight is 618 g/mol. The van der Waals surface area contributed by atoms with Crippen LogP contribution in [0.3, 0.4) is 0 Å². The van der Waals surface area contributed by atoms with Crippen LogP contribution in [0.1, 0.15) is 53.6 Å². The number of aryl methyl sites for hydroxylation is 2. The summed E-state index contributed by atoms with van der Waals surface area (Å²) in [4.78, 5) is 47.4. The third-order valence-corrected chi connectivity index (χ3v) is 8.02. The number of amides is 2. The van der Waals surface area contributed by atoms with Crippen molar-refractivity contribution < 1.29 is 33.3 Å². The number of ketones is 1. The monoisotopic (exact) mass is 617 g/mol. The lowest BCUT2D eigenvalue weighted by Gasteiger charge is -2.26. The number of benzene rings is 2. The van der Waals surface area contributed by atoms with Gasteiger partial charge in [0.15, 0.2) is 11.5 Å². The van der Waals surface area contributed by atoms with E-state index in [0.29, 0.717) is 38.2 Å². The summed E-state index contributed by atoms with van der Waals surface area (Å²) in [7, 11) is 4.37. The first kappa shape index (κ1) is 33.3. The molecule has 0 aliphatic carbocycles. The Balaban J connectivity index is 1.35. The molecule has 0 radical (unpaired) electrons. The molecule has 1 saturated heterocycles. The molecule has 0 spiro atoms. The van der Waals surface area contributed by atoms with E-state index in [1.165, 1.54) is 49.5 Å². The van der Waals surface area contributed by atoms with Crippen LogP contribution < -0.4 is 14.2 Å². The zero-order valence-electron chi connectivity index (χ0n) is 26.4. The fraction of sp³-hybridized carbons (Fsp3) is 0.429. The molecule has 10 nitrogen and oxygen atoms in total. The molecule has 2 aromatic carbocycles. The van der Waals surface area contributed by atoms with Crippen LogP contribution in [0.4, 0.5) is 4.79 Å². The van der Waals surface area contributed by atoms with Gasteiger partial charge in [-0.25, -0.2) is 4.79 Å². The van der Waals surface area contributed by atoms with E-state index in [1.807, 2.05) is 30.5 Å². The molecule has 10 heteroatoms. The third-order valence-electron chi connectivity index (χ3n) is 8.02. The molecule has 3 aromatic rings. The molecule has 45 heavy (non-hydrogen) atoms. The highest BCUT2D eigenvalue weighted by molar-refractivity contribution is 6.43. The Morgan fingerprint density at radius 3 is 2.22 bits per heavy atom. The summed E-state index contributed by atoms with van der Waals surface area (Å²) in [5.74, 6) is -0.442. The van der Waals surface area contributed by atoms with E-state index in [0.717, 1.165) is 32.1 Å². The molecule has 240 valence electrons. The van der Waals surface area contributed by atoms with Gasteiger partial charge in [0.05, 0.1) is 27.4 Å². The number of nitrogens with zero attached hydrogens (tertiary/aromatic N) is 3. The molecule has 1 fully saturated rings. The van der Waals surface area contributed by atoms with Gasteiger partial charge in [-0.05, 0) is 74.3 Å². The molecule has 0 bridgehead atoms. The van der Waals surface area contributed by atoms with Crippen molar-refractivity contribution in [1.29, 1.82) is 0 Å². The Labute approximate surface area is 265 Å². The fourth-order valence-corrected chi connectivity index (χ4v) is 5.59. The van der Waals surface area contributed by atoms with E-state index in [2.05, 4.69) is 23.2 Å². The molecule has 1 aliphatic heterocycles. The number of carbonyl (C=O) groups is 3. The van der Waals surface area contributed by atoms with Crippen molar-refractivity contribution in [2.24, 2.45) is 0 Å². The van der Waals surface area contributed by atoms with E-state index >= 15 is 0 Å². The summed E-state index contributed by atoms with van der Waals surface area (Å²) in [5.41, 5.74) is 2.52. The smallest absolute Gasteiger partial charge is 0.409 e. The van der Waals surface area contributed by atoms with E-state index in [9.17, 15) is 14.4 Å². The van der Waals surface area contributed by atoms with Crippen molar-refractivity contribution in [3.8, 4) is 17.2 Å². The van der Waals surface area contributed by atoms with Crippen molar-refractivity contribution in [2.45, 2.75) is 51.0 Å². The van der Waals surface area contributed by atoms with Crippen LogP contribution in [0.25, 0.3) is 0 Å². The Hall–Kier alpha value is -4.60. The number of pyridine rings is 1. The lowest BCUT2D eigenvalue weighted by atomic mass is 10.1. The van der Waals surface area contributed by atoms with Crippen LogP contribution in [0.15, 0.2) is 67.0 Å². The standard InChI is InChI=1S/C35H43N3O7/c1-42-30-22-28(23-31(43-2)33(30)44-3)32(39)34(40)38-21-11-17-29(38)25-45-35(41)37(20-10-16-26-12-5-4-6-13-26)19-8-7-14-27-15-9-18-36-24-27/h4-6,9,12-13,15,18,22-24,29H,7-8,10-11,14,16-17,19-21,25H2,1-3H3. The molecule has 1 aliphatic rings. The second-order valence-electron chi connectivity index (χ2n) is 11.0. The molecule has 2 amide bonds. The Kier molecular flexibility index (Phi) is 12.6. The van der Waals surface area contributed by atoms with Gasteiger partial charge in [-0.15, -0.1) is 0 Å². The highest BCUT2D eigenvalue weighted by Crippen LogP contribution is 2.38. The molecule has 1 atom stereocenters. The first-order chi connectivity index (χ1) is 21.9. The number of methoxy groups -OCH3 is 3. The zero-order valence-corrected chi connectivity index (χ0v) is 26.4. The number of Topliss-reactive ketones (excluding diaryl/α,β-unsaturated/α-hetero) is 1. The molecule has 0 saturated carbocycles. The third kappa shape index (κ3) is 9.20. The van der Waals surface area contributed by atoms with Crippen molar-refractivity contribution in [3.63, 3.8) is 0 Å². The lowest BCUT2D eigenvalue weighted by Crippen LogP contribution is -2.43. The number of carbonyl (C=O) groups excluding carboxylic acids is 3. The highest BCUT2D eigenvalue weighted by atomic mass is 16.6. The number of rotatable bonds is 16. The molecule has 0 N–H and O–H groups in total. The Bertz CT molecular complexity index is 1380. The fourth-order valence-electron chi connectivity index (χ4n) is 5.59. The van der Waals surface area contributed by atoms with Crippen LogP contribution >= 0.6 is 0 Å². The maximum Gasteiger partial charge on any atom is 0.409 e. The maximum absolute atomic E-state index is 13.4. The van der Waals surface area contributed by atoms with Crippen LogP contribution in [0, 0.1) is 0 Å². The van der Waals surface area contributed by atoms with Gasteiger partial charge >= 0.3 is 6.09 Å². The number of hydrogen-bond donors (Lipinski definition) is 0. The normalized spacial score (nSPS) is 14.1. The van der Waals surface area contributed by atoms with Gasteiger partial charge in [-0.2, -0.15) is 0 Å². The van der Waals surface area contributed by atoms with Gasteiger partial charge in [0.1, 0.15) is 6.61 Å². The van der Waals surface area contributed by atoms with Crippen LogP contribution in [0.5, 0.6) is 17.2 Å². The van der Waals surface area contributed by atoms with E-state index in [1.54, 1.807) is 11.1 Å². The summed E-state index contributed by atoms with van der Waals surface area (Å²) >= 11 is 0. The molecule has 4 rings (SSSR count). The highest BCUT2D eigenvalue weighted by Gasteiger charge is 2.35. The first-order valence-corrected chi connectivity index (χ1v) is 15.4. The number of unbranched alkanes of at least 4 members (excludes halogenated alkanes) is 1. The van der Waals surface area contributed by atoms with Gasteiger partial charge in [0.2, 0.25) is 5.75 Å². The number of hydrogen-bond acceptors (Lipinski definition) is 8. The summed E-state index contributed by atoms with van der Waals surface area (Å²) < 4.78 is 21.8. The second kappa shape index (κ2) is 17.0. The average Bonchev–Trinajstić information content (AvgIpc) is 3.56. The van der Waals surface area contributed by atoms with E-state index in [-0.39, 0.29) is 29.7 Å². The minimum atomic E-state index is -0.691. The second-order valence-corrected chi connectivity index (χ2v) is 11.0. The van der Waals surface area contributed by atoms with Crippen molar-refractivity contribution in [3.05, 3.63) is 83.7 Å². The Morgan fingerprint density at radius 2 is 1.56 bits per heavy atom. The molecular formula is C35H43N3O7. The summed E-state index contributed by atoms with van der Waals surface area (Å²) in [6.07, 6.45) is 8.87. The van der Waals surface area contributed by atoms with Crippen LogP contribution in [-0.4, -0.2) is 86.2 Å². The summed E-state index contributed by atoms with van der Waals surface area (Å²) in [6, 6.07) is 16.7. The topological polar surface area (TPSA) is 108 Å². The molecule has 1 aromatic heterocycles. The number of aromatic nitrogens is 1. The molecule has 2 heterocycles. The lowest BCUT2D eigenvalue weighted by molar-refractivity contribution is -0.128. The van der Waals surface area contributed by atoms with E-state index in [4.69, 9.17) is 18.9 Å². The van der Waals surface area contributed by atoms with Crippen molar-refractivity contribution in [2.75, 3.05) is 47.6 Å². The van der Waals surface area contributed by atoms with Crippen molar-refractivity contribution >= 4 is 17.8 Å². The van der Waals surface area contributed by atoms with Gasteiger partial charge < -0.3 is 28.7 Å². The SMILES string of the molecule is COc1cc(C(=O)C(=O)N2CCCC2COC(=O)N(CCCCc2cccnc2)CCCc2ccccc2)cc(OC)c1OC. The zero-order chi connectivity index (χ0) is 32.0. The van der Waals surface area contributed by atoms with Gasteiger partial charge in [0, 0.05) is 37.6 Å². The molecule has 1 unspecified atom stereocenters. The summed E-state index contributed by atoms with van der Waals surface area (Å²) in [6.45, 7) is 1.57. The maximum atomic E-state index is 13.4. The van der Waals surface area contributed by atoms with Crippen LogP contribution in [-0.2, 0) is 22.4 Å². The van der Waals surface area contributed by atoms with Crippen molar-refractivity contribution in [1.82, 2.24) is 14.8 Å². The van der Waals surface area contributed by atoms with Crippen LogP contribution in [0.2, 0.25) is 0 Å². The predicted octanol–water partition coefficient (Wildman–Crippen LogP) is 5.38. The summed E-state index contributed by atoms with van der Waals surface area (Å²) in [5, 5.41) is 0. The predicted molar refractivity (Wildman–Crippen MR) is 170 cm³/mol. The van der Waals surface area contributed by atoms with Gasteiger partial charge in [-0.3, -0.25) is 14.6 Å². The first-order valence-electron chi connectivity index (χ1n) is 15.4. The number of ether oxygens (including phenoxy) is 4. The molecular weight excluding hydrogens is 574 g/mol. The number of likely N-dealkylation sites (tertiary alicyclic amines) is 1. The quantitative estimate of drug-likeness (QED) is 0.120. The largest absolute Gasteiger partial charge is 0.493 e.